The molecule has 0 bridgehead atoms. The van der Waals surface area contributed by atoms with E-state index in [-0.39, 0.29) is 0 Å². The summed E-state index contributed by atoms with van der Waals surface area (Å²) in [4.78, 5) is 0. The summed E-state index contributed by atoms with van der Waals surface area (Å²) in [6.45, 7) is 11.6. The van der Waals surface area contributed by atoms with Gasteiger partial charge in [0.05, 0.1) is 0 Å². The summed E-state index contributed by atoms with van der Waals surface area (Å²) < 4.78 is 0. The molecular formula is C13H22. The van der Waals surface area contributed by atoms with E-state index in [4.69, 9.17) is 0 Å². The molecule has 1 aromatic carbocycles. The minimum Gasteiger partial charge on any atom is -0.103 e. The van der Waals surface area contributed by atoms with Crippen LogP contribution in [0.25, 0.3) is 0 Å². The normalized spacial score (nSPS) is 7.08. The first-order valence-corrected chi connectivity index (χ1v) is 4.93. The summed E-state index contributed by atoms with van der Waals surface area (Å²) in [6.07, 6.45) is 2.96. The molecule has 0 unspecified atom stereocenters. The summed E-state index contributed by atoms with van der Waals surface area (Å²) in [6, 6.07) is 10.3. The standard InChI is InChI=1S/C7H8.C4H8.C2H6/c1-7-5-3-2-4-6-7;1-3-4-2;1-2/h2-6H,1H3;3H,1,4H2,2H3;1-2H3. The minimum absolute atomic E-state index is 1.08. The van der Waals surface area contributed by atoms with E-state index >= 15 is 0 Å². The molecule has 0 heterocycles. The molecule has 0 spiro atoms. The highest BCUT2D eigenvalue weighted by molar-refractivity contribution is 5.11. The van der Waals surface area contributed by atoms with Crippen LogP contribution in [0.2, 0.25) is 0 Å². The molecule has 0 nitrogen and oxygen atoms in total. The number of rotatable bonds is 1. The second kappa shape index (κ2) is 13.5. The van der Waals surface area contributed by atoms with Gasteiger partial charge in [-0.1, -0.05) is 62.7 Å². The van der Waals surface area contributed by atoms with Crippen LogP contribution in [0, 0.1) is 6.92 Å². The van der Waals surface area contributed by atoms with Gasteiger partial charge in [-0.15, -0.1) is 6.58 Å². The number of allylic oxidation sites excluding steroid dienone is 1. The van der Waals surface area contributed by atoms with Gasteiger partial charge in [0.25, 0.3) is 0 Å². The van der Waals surface area contributed by atoms with Gasteiger partial charge in [0.2, 0.25) is 0 Å². The average molecular weight is 178 g/mol. The summed E-state index contributed by atoms with van der Waals surface area (Å²) >= 11 is 0. The van der Waals surface area contributed by atoms with Crippen LogP contribution in [0.3, 0.4) is 0 Å². The zero-order valence-corrected chi connectivity index (χ0v) is 9.38. The van der Waals surface area contributed by atoms with Crippen molar-refractivity contribution in [3.05, 3.63) is 48.6 Å². The van der Waals surface area contributed by atoms with E-state index in [1.54, 1.807) is 0 Å². The molecule has 13 heavy (non-hydrogen) atoms. The Kier molecular flexibility index (Phi) is 15.1. The van der Waals surface area contributed by atoms with Crippen molar-refractivity contribution in [3.63, 3.8) is 0 Å². The Morgan fingerprint density at radius 3 is 1.69 bits per heavy atom. The van der Waals surface area contributed by atoms with Gasteiger partial charge in [-0.05, 0) is 13.3 Å². The molecule has 0 atom stereocenters. The van der Waals surface area contributed by atoms with Crippen LogP contribution in [-0.2, 0) is 0 Å². The fraction of sp³-hybridized carbons (Fsp3) is 0.385. The van der Waals surface area contributed by atoms with Crippen LogP contribution in [0.5, 0.6) is 0 Å². The van der Waals surface area contributed by atoms with E-state index in [1.165, 1.54) is 5.56 Å². The Balaban J connectivity index is 0. The van der Waals surface area contributed by atoms with Crippen LogP contribution >= 0.6 is 0 Å². The molecule has 0 amide bonds. The minimum atomic E-state index is 1.08. The smallest absolute Gasteiger partial charge is 0.0382 e. The maximum atomic E-state index is 3.48. The van der Waals surface area contributed by atoms with E-state index in [0.717, 1.165) is 6.42 Å². The lowest BCUT2D eigenvalue weighted by Crippen LogP contribution is -1.62. The lowest BCUT2D eigenvalue weighted by Gasteiger charge is -1.82. The second-order valence-electron chi connectivity index (χ2n) is 2.35. The first-order chi connectivity index (χ1) is 6.31. The lowest BCUT2D eigenvalue weighted by atomic mass is 10.2. The number of hydrogen-bond donors (Lipinski definition) is 0. The quantitative estimate of drug-likeness (QED) is 0.551. The van der Waals surface area contributed by atoms with Gasteiger partial charge in [0.1, 0.15) is 0 Å². The van der Waals surface area contributed by atoms with Crippen molar-refractivity contribution in [1.82, 2.24) is 0 Å². The van der Waals surface area contributed by atoms with Crippen LogP contribution in [-0.4, -0.2) is 0 Å². The third kappa shape index (κ3) is 13.9. The highest BCUT2D eigenvalue weighted by Crippen LogP contribution is 1.92. The molecule has 0 aromatic heterocycles. The highest BCUT2D eigenvalue weighted by Gasteiger charge is 1.72. The molecule has 0 saturated carbocycles. The van der Waals surface area contributed by atoms with Crippen molar-refractivity contribution in [1.29, 1.82) is 0 Å². The molecule has 0 heteroatoms. The Bertz CT molecular complexity index is 174. The van der Waals surface area contributed by atoms with Gasteiger partial charge in [0.15, 0.2) is 0 Å². The van der Waals surface area contributed by atoms with Crippen molar-refractivity contribution in [2.75, 3.05) is 0 Å². The topological polar surface area (TPSA) is 0 Å². The molecule has 1 rings (SSSR count). The third-order valence-corrected chi connectivity index (χ3v) is 1.23. The monoisotopic (exact) mass is 178 g/mol. The Labute approximate surface area is 83.3 Å². The van der Waals surface area contributed by atoms with Crippen molar-refractivity contribution < 1.29 is 0 Å². The van der Waals surface area contributed by atoms with Crippen molar-refractivity contribution >= 4 is 0 Å². The maximum Gasteiger partial charge on any atom is -0.0382 e. The molecule has 0 aliphatic carbocycles. The van der Waals surface area contributed by atoms with Gasteiger partial charge in [-0.25, -0.2) is 0 Å². The third-order valence-electron chi connectivity index (χ3n) is 1.23. The molecular weight excluding hydrogens is 156 g/mol. The Morgan fingerprint density at radius 1 is 1.15 bits per heavy atom. The van der Waals surface area contributed by atoms with Gasteiger partial charge < -0.3 is 0 Å². The zero-order valence-electron chi connectivity index (χ0n) is 9.38. The molecule has 1 aromatic rings. The van der Waals surface area contributed by atoms with E-state index in [2.05, 4.69) is 32.6 Å². The van der Waals surface area contributed by atoms with Crippen LogP contribution in [0.4, 0.5) is 0 Å². The van der Waals surface area contributed by atoms with E-state index in [0.29, 0.717) is 0 Å². The summed E-state index contributed by atoms with van der Waals surface area (Å²) in [5.74, 6) is 0. The van der Waals surface area contributed by atoms with Crippen LogP contribution in [0.15, 0.2) is 43.0 Å². The maximum absolute atomic E-state index is 3.48. The number of hydrogen-bond acceptors (Lipinski definition) is 0. The van der Waals surface area contributed by atoms with Gasteiger partial charge in [-0.2, -0.15) is 0 Å². The Morgan fingerprint density at radius 2 is 1.54 bits per heavy atom. The SMILES string of the molecule is C=CCC.CC.Cc1ccccc1. The fourth-order valence-electron chi connectivity index (χ4n) is 0.534. The van der Waals surface area contributed by atoms with Crippen LogP contribution < -0.4 is 0 Å². The average Bonchev–Trinajstić information content (AvgIpc) is 2.22. The molecule has 74 valence electrons. The number of aryl methyl sites for hydroxylation is 1. The molecule has 0 fully saturated rings. The first kappa shape index (κ1) is 14.5. The summed E-state index contributed by atoms with van der Waals surface area (Å²) in [7, 11) is 0. The lowest BCUT2D eigenvalue weighted by molar-refractivity contribution is 1.23. The molecule has 0 saturated heterocycles. The number of benzene rings is 1. The predicted octanol–water partition coefficient (Wildman–Crippen LogP) is 4.60. The van der Waals surface area contributed by atoms with Crippen LogP contribution in [0.1, 0.15) is 32.8 Å². The largest absolute Gasteiger partial charge is 0.103 e. The van der Waals surface area contributed by atoms with E-state index in [9.17, 15) is 0 Å². The predicted molar refractivity (Wildman–Crippen MR) is 63.0 cm³/mol. The van der Waals surface area contributed by atoms with E-state index < -0.39 is 0 Å². The Hall–Kier alpha value is -1.04. The van der Waals surface area contributed by atoms with Gasteiger partial charge in [-0.3, -0.25) is 0 Å². The van der Waals surface area contributed by atoms with Crippen molar-refractivity contribution in [3.8, 4) is 0 Å². The molecule has 0 aliphatic rings. The zero-order chi connectivity index (χ0) is 10.5. The summed E-state index contributed by atoms with van der Waals surface area (Å²) in [5, 5.41) is 0. The highest BCUT2D eigenvalue weighted by atomic mass is 13.8. The van der Waals surface area contributed by atoms with E-state index in [1.807, 2.05) is 38.1 Å². The first-order valence-electron chi connectivity index (χ1n) is 4.93. The molecule has 0 N–H and O–H groups in total. The summed E-state index contributed by atoms with van der Waals surface area (Å²) in [5.41, 5.74) is 1.32. The van der Waals surface area contributed by atoms with Gasteiger partial charge in [0, 0.05) is 0 Å². The molecule has 0 aliphatic heterocycles. The fourth-order valence-corrected chi connectivity index (χ4v) is 0.534. The van der Waals surface area contributed by atoms with Crippen molar-refractivity contribution in [2.45, 2.75) is 34.1 Å². The second-order valence-corrected chi connectivity index (χ2v) is 2.35. The van der Waals surface area contributed by atoms with Crippen molar-refractivity contribution in [2.24, 2.45) is 0 Å². The molecule has 0 radical (unpaired) electrons. The van der Waals surface area contributed by atoms with Gasteiger partial charge >= 0.3 is 0 Å².